The molecule has 114 valence electrons. The lowest BCUT2D eigenvalue weighted by Gasteiger charge is -2.18. The zero-order valence-corrected chi connectivity index (χ0v) is 12.7. The quantitative estimate of drug-likeness (QED) is 0.908. The molecule has 21 heavy (non-hydrogen) atoms. The molecule has 2 rings (SSSR count). The van der Waals surface area contributed by atoms with Crippen LogP contribution in [0.2, 0.25) is 0 Å². The van der Waals surface area contributed by atoms with Crippen molar-refractivity contribution >= 4 is 23.6 Å². The van der Waals surface area contributed by atoms with Gasteiger partial charge in [0, 0.05) is 24.3 Å². The number of amides is 1. The Bertz CT molecular complexity index is 534. The highest BCUT2D eigenvalue weighted by Gasteiger charge is 2.46. The molecule has 0 spiro atoms. The second-order valence-electron chi connectivity index (χ2n) is 5.08. The molecular weight excluding hydrogens is 293 g/mol. The summed E-state index contributed by atoms with van der Waals surface area (Å²) in [5, 5.41) is 8.85. The lowest BCUT2D eigenvalue weighted by atomic mass is 10.1. The van der Waals surface area contributed by atoms with Crippen LogP contribution in [0.5, 0.6) is 0 Å². The van der Waals surface area contributed by atoms with Crippen molar-refractivity contribution in [1.29, 1.82) is 0 Å². The molecule has 1 aliphatic rings. The third-order valence-electron chi connectivity index (χ3n) is 3.56. The minimum absolute atomic E-state index is 0.134. The number of thioether (sulfide) groups is 1. The molecule has 6 heteroatoms. The first-order chi connectivity index (χ1) is 9.96. The zero-order valence-electron chi connectivity index (χ0n) is 11.8. The highest BCUT2D eigenvalue weighted by molar-refractivity contribution is 7.98. The summed E-state index contributed by atoms with van der Waals surface area (Å²) >= 11 is 1.79. The molecule has 1 N–H and O–H groups in total. The molecule has 1 aromatic carbocycles. The Balaban J connectivity index is 2.02. The third-order valence-corrected chi connectivity index (χ3v) is 4.51. The fraction of sp³-hybridized carbons (Fsp3) is 0.467. The van der Waals surface area contributed by atoms with Gasteiger partial charge in [-0.1, -0.05) is 19.1 Å². The average molecular weight is 311 g/mol. The standard InChI is InChI=1S/C15H18FNO3S/c1-2-21-9-11-3-5-12(6-4-11)13(18)17-8-7-15(16,10-17)14(19)20/h3-6H,2,7-10H2,1H3,(H,19,20). The zero-order chi connectivity index (χ0) is 15.5. The molecule has 4 nitrogen and oxygen atoms in total. The smallest absolute Gasteiger partial charge is 0.343 e. The van der Waals surface area contributed by atoms with E-state index in [0.717, 1.165) is 17.1 Å². The van der Waals surface area contributed by atoms with E-state index in [2.05, 4.69) is 6.92 Å². The van der Waals surface area contributed by atoms with Crippen LogP contribution < -0.4 is 0 Å². The minimum Gasteiger partial charge on any atom is -0.479 e. The van der Waals surface area contributed by atoms with Crippen molar-refractivity contribution in [2.24, 2.45) is 0 Å². The van der Waals surface area contributed by atoms with Crippen molar-refractivity contribution < 1.29 is 19.1 Å². The van der Waals surface area contributed by atoms with Gasteiger partial charge in [-0.2, -0.15) is 11.8 Å². The number of hydrogen-bond acceptors (Lipinski definition) is 3. The molecule has 1 saturated heterocycles. The number of nitrogens with zero attached hydrogens (tertiary/aromatic N) is 1. The Labute approximate surface area is 127 Å². The predicted octanol–water partition coefficient (Wildman–Crippen LogP) is 2.58. The van der Waals surface area contributed by atoms with E-state index in [-0.39, 0.29) is 25.4 Å². The van der Waals surface area contributed by atoms with Crippen LogP contribution in [0.3, 0.4) is 0 Å². The maximum atomic E-state index is 14.0. The highest BCUT2D eigenvalue weighted by atomic mass is 32.2. The molecule has 1 aliphatic heterocycles. The van der Waals surface area contributed by atoms with E-state index >= 15 is 0 Å². The number of benzene rings is 1. The van der Waals surface area contributed by atoms with E-state index < -0.39 is 11.6 Å². The summed E-state index contributed by atoms with van der Waals surface area (Å²) in [5.74, 6) is 0.110. The largest absolute Gasteiger partial charge is 0.479 e. The summed E-state index contributed by atoms with van der Waals surface area (Å²) < 4.78 is 14.0. The molecule has 0 saturated carbocycles. The van der Waals surface area contributed by atoms with Crippen LogP contribution in [0.15, 0.2) is 24.3 Å². The van der Waals surface area contributed by atoms with Gasteiger partial charge >= 0.3 is 5.97 Å². The van der Waals surface area contributed by atoms with Crippen LogP contribution in [0.1, 0.15) is 29.3 Å². The normalized spacial score (nSPS) is 21.5. The monoisotopic (exact) mass is 311 g/mol. The first kappa shape index (κ1) is 15.8. The lowest BCUT2D eigenvalue weighted by molar-refractivity contribution is -0.149. The SMILES string of the molecule is CCSCc1ccc(C(=O)N2CCC(F)(C(=O)O)C2)cc1. The first-order valence-electron chi connectivity index (χ1n) is 6.84. The van der Waals surface area contributed by atoms with Crippen LogP contribution in [0, 0.1) is 0 Å². The van der Waals surface area contributed by atoms with E-state index in [1.807, 2.05) is 12.1 Å². The van der Waals surface area contributed by atoms with Crippen LogP contribution in [0.25, 0.3) is 0 Å². The third kappa shape index (κ3) is 3.56. The number of carboxylic acids is 1. The maximum absolute atomic E-state index is 14.0. The van der Waals surface area contributed by atoms with Gasteiger partial charge in [0.2, 0.25) is 5.67 Å². The van der Waals surface area contributed by atoms with Crippen molar-refractivity contribution in [2.75, 3.05) is 18.8 Å². The van der Waals surface area contributed by atoms with Crippen molar-refractivity contribution in [3.8, 4) is 0 Å². The van der Waals surface area contributed by atoms with Gasteiger partial charge in [0.05, 0.1) is 6.54 Å². The second kappa shape index (κ2) is 6.47. The molecule has 1 heterocycles. The van der Waals surface area contributed by atoms with Gasteiger partial charge in [0.1, 0.15) is 0 Å². The number of hydrogen-bond donors (Lipinski definition) is 1. The lowest BCUT2D eigenvalue weighted by Crippen LogP contribution is -2.38. The Hall–Kier alpha value is -1.56. The molecule has 1 fully saturated rings. The van der Waals surface area contributed by atoms with Gasteiger partial charge in [0.15, 0.2) is 0 Å². The van der Waals surface area contributed by atoms with E-state index in [1.54, 1.807) is 23.9 Å². The van der Waals surface area contributed by atoms with Gasteiger partial charge in [-0.25, -0.2) is 9.18 Å². The summed E-state index contributed by atoms with van der Waals surface area (Å²) in [7, 11) is 0. The number of alkyl halides is 1. The highest BCUT2D eigenvalue weighted by Crippen LogP contribution is 2.27. The number of carboxylic acid groups (broad SMARTS) is 1. The number of halogens is 1. The molecule has 1 atom stereocenters. The second-order valence-corrected chi connectivity index (χ2v) is 6.36. The van der Waals surface area contributed by atoms with Crippen molar-refractivity contribution in [3.05, 3.63) is 35.4 Å². The minimum atomic E-state index is -2.31. The van der Waals surface area contributed by atoms with Crippen molar-refractivity contribution in [3.63, 3.8) is 0 Å². The van der Waals surface area contributed by atoms with Gasteiger partial charge in [-0.3, -0.25) is 4.79 Å². The van der Waals surface area contributed by atoms with Crippen molar-refractivity contribution in [1.82, 2.24) is 4.90 Å². The van der Waals surface area contributed by atoms with Crippen LogP contribution in [0.4, 0.5) is 4.39 Å². The van der Waals surface area contributed by atoms with Gasteiger partial charge < -0.3 is 10.0 Å². The number of aliphatic carboxylic acids is 1. The summed E-state index contributed by atoms with van der Waals surface area (Å²) in [4.78, 5) is 24.4. The fourth-order valence-electron chi connectivity index (χ4n) is 2.27. The summed E-state index contributed by atoms with van der Waals surface area (Å²) in [6.45, 7) is 1.84. The van der Waals surface area contributed by atoms with Crippen LogP contribution in [-0.2, 0) is 10.5 Å². The number of likely N-dealkylation sites (tertiary alicyclic amines) is 1. The summed E-state index contributed by atoms with van der Waals surface area (Å²) in [6, 6.07) is 7.19. The summed E-state index contributed by atoms with van der Waals surface area (Å²) in [5.41, 5.74) is -0.715. The first-order valence-corrected chi connectivity index (χ1v) is 8.00. The molecule has 0 radical (unpaired) electrons. The fourth-order valence-corrected chi connectivity index (χ4v) is 2.90. The Morgan fingerprint density at radius 1 is 1.38 bits per heavy atom. The van der Waals surface area contributed by atoms with Gasteiger partial charge in [-0.05, 0) is 23.4 Å². The number of rotatable bonds is 5. The molecular formula is C15H18FNO3S. The Morgan fingerprint density at radius 3 is 2.57 bits per heavy atom. The summed E-state index contributed by atoms with van der Waals surface area (Å²) in [6.07, 6.45) is -0.153. The van der Waals surface area contributed by atoms with E-state index in [9.17, 15) is 14.0 Å². The van der Waals surface area contributed by atoms with Gasteiger partial charge in [-0.15, -0.1) is 0 Å². The van der Waals surface area contributed by atoms with E-state index in [4.69, 9.17) is 5.11 Å². The maximum Gasteiger partial charge on any atom is 0.343 e. The Kier molecular flexibility index (Phi) is 4.88. The number of carbonyl (C=O) groups is 2. The topological polar surface area (TPSA) is 57.6 Å². The molecule has 1 amide bonds. The average Bonchev–Trinajstić information content (AvgIpc) is 2.89. The van der Waals surface area contributed by atoms with Gasteiger partial charge in [0.25, 0.3) is 5.91 Å². The van der Waals surface area contributed by atoms with Crippen LogP contribution >= 0.6 is 11.8 Å². The molecule has 1 aromatic rings. The van der Waals surface area contributed by atoms with E-state index in [1.165, 1.54) is 4.90 Å². The molecule has 0 bridgehead atoms. The van der Waals surface area contributed by atoms with Crippen LogP contribution in [-0.4, -0.2) is 46.4 Å². The van der Waals surface area contributed by atoms with Crippen molar-refractivity contribution in [2.45, 2.75) is 24.8 Å². The number of carbonyl (C=O) groups excluding carboxylic acids is 1. The predicted molar refractivity (Wildman–Crippen MR) is 80.3 cm³/mol. The van der Waals surface area contributed by atoms with E-state index in [0.29, 0.717) is 5.56 Å². The molecule has 0 aromatic heterocycles. The Morgan fingerprint density at radius 2 is 2.05 bits per heavy atom. The molecule has 1 unspecified atom stereocenters. The molecule has 0 aliphatic carbocycles.